The number of hydrogen-bond donors (Lipinski definition) is 2. The molecule has 1 heterocycles. The number of anilines is 1. The van der Waals surface area contributed by atoms with E-state index in [4.69, 9.17) is 26.8 Å². The molecular formula is C23H30ClN3O3. The van der Waals surface area contributed by atoms with Crippen molar-refractivity contribution in [1.82, 2.24) is 10.2 Å². The lowest BCUT2D eigenvalue weighted by molar-refractivity contribution is 0.0932. The molecule has 3 N–H and O–H groups in total. The van der Waals surface area contributed by atoms with Crippen LogP contribution in [-0.2, 0) is 0 Å². The largest absolute Gasteiger partial charge is 0.496 e. The number of methoxy groups -OCH3 is 1. The van der Waals surface area contributed by atoms with Crippen molar-refractivity contribution in [1.29, 1.82) is 0 Å². The summed E-state index contributed by atoms with van der Waals surface area (Å²) < 4.78 is 11.0. The molecule has 0 unspecified atom stereocenters. The molecular weight excluding hydrogens is 402 g/mol. The average Bonchev–Trinajstić information content (AvgIpc) is 2.78. The van der Waals surface area contributed by atoms with E-state index in [1.54, 1.807) is 12.1 Å². The van der Waals surface area contributed by atoms with Crippen molar-refractivity contribution >= 4 is 23.2 Å². The van der Waals surface area contributed by atoms with E-state index in [1.165, 1.54) is 7.11 Å². The van der Waals surface area contributed by atoms with Crippen LogP contribution in [0.2, 0.25) is 5.02 Å². The molecule has 0 radical (unpaired) electrons. The Morgan fingerprint density at radius 2 is 1.97 bits per heavy atom. The number of amides is 1. The lowest BCUT2D eigenvalue weighted by Crippen LogP contribution is -2.39. The predicted octanol–water partition coefficient (Wildman–Crippen LogP) is 3.84. The quantitative estimate of drug-likeness (QED) is 0.466. The van der Waals surface area contributed by atoms with Gasteiger partial charge in [0.05, 0.1) is 30.0 Å². The number of nitrogens with two attached hydrogens (primary N) is 1. The second-order valence-electron chi connectivity index (χ2n) is 7.58. The first kappa shape index (κ1) is 22.2. The van der Waals surface area contributed by atoms with Crippen LogP contribution in [0, 0.1) is 5.92 Å². The third kappa shape index (κ3) is 6.28. The molecule has 1 amide bonds. The van der Waals surface area contributed by atoms with Crippen LogP contribution in [-0.4, -0.2) is 50.7 Å². The summed E-state index contributed by atoms with van der Waals surface area (Å²) in [5.41, 5.74) is 6.59. The van der Waals surface area contributed by atoms with Gasteiger partial charge in [-0.3, -0.25) is 4.79 Å². The number of halogens is 1. The summed E-state index contributed by atoms with van der Waals surface area (Å²) in [7, 11) is 1.51. The molecule has 30 heavy (non-hydrogen) atoms. The predicted molar refractivity (Wildman–Crippen MR) is 120 cm³/mol. The summed E-state index contributed by atoms with van der Waals surface area (Å²) >= 11 is 6.06. The molecule has 1 saturated heterocycles. The van der Waals surface area contributed by atoms with Crippen molar-refractivity contribution in [2.24, 2.45) is 5.92 Å². The Bertz CT molecular complexity index is 824. The molecule has 6 nitrogen and oxygen atoms in total. The first-order valence-electron chi connectivity index (χ1n) is 10.4. The van der Waals surface area contributed by atoms with E-state index >= 15 is 0 Å². The van der Waals surface area contributed by atoms with Gasteiger partial charge in [-0.1, -0.05) is 29.8 Å². The molecule has 1 aliphatic heterocycles. The monoisotopic (exact) mass is 431 g/mol. The number of benzene rings is 2. The minimum Gasteiger partial charge on any atom is -0.496 e. The van der Waals surface area contributed by atoms with Gasteiger partial charge in [0.15, 0.2) is 0 Å². The highest BCUT2D eigenvalue weighted by Crippen LogP contribution is 2.29. The molecule has 162 valence electrons. The van der Waals surface area contributed by atoms with Crippen molar-refractivity contribution in [3.63, 3.8) is 0 Å². The summed E-state index contributed by atoms with van der Waals surface area (Å²) in [6.45, 7) is 4.50. The number of nitrogens with one attached hydrogen (secondary N) is 1. The van der Waals surface area contributed by atoms with Crippen molar-refractivity contribution in [3.05, 3.63) is 53.1 Å². The van der Waals surface area contributed by atoms with Gasteiger partial charge in [-0.05, 0) is 56.5 Å². The third-order valence-corrected chi connectivity index (χ3v) is 5.78. The van der Waals surface area contributed by atoms with Gasteiger partial charge in [-0.15, -0.1) is 0 Å². The number of nitrogen functional groups attached to an aromatic ring is 1. The van der Waals surface area contributed by atoms with Gasteiger partial charge in [-0.2, -0.15) is 0 Å². The van der Waals surface area contributed by atoms with E-state index in [2.05, 4.69) is 10.2 Å². The number of hydrogen-bond acceptors (Lipinski definition) is 5. The van der Waals surface area contributed by atoms with Crippen molar-refractivity contribution in [2.45, 2.75) is 19.3 Å². The number of rotatable bonds is 9. The summed E-state index contributed by atoms with van der Waals surface area (Å²) in [5.74, 6) is 1.64. The molecule has 3 rings (SSSR count). The minimum absolute atomic E-state index is 0.186. The van der Waals surface area contributed by atoms with E-state index in [1.807, 2.05) is 30.3 Å². The number of para-hydroxylation sites is 1. The topological polar surface area (TPSA) is 76.8 Å². The molecule has 0 spiro atoms. The van der Waals surface area contributed by atoms with Crippen LogP contribution in [0.1, 0.15) is 29.6 Å². The van der Waals surface area contributed by atoms with Gasteiger partial charge < -0.3 is 25.4 Å². The maximum atomic E-state index is 12.6. The van der Waals surface area contributed by atoms with Crippen LogP contribution < -0.4 is 20.5 Å². The van der Waals surface area contributed by atoms with Crippen LogP contribution in [0.15, 0.2) is 42.5 Å². The summed E-state index contributed by atoms with van der Waals surface area (Å²) in [6, 6.07) is 13.1. The second-order valence-corrected chi connectivity index (χ2v) is 7.99. The van der Waals surface area contributed by atoms with Crippen LogP contribution in [0.5, 0.6) is 11.5 Å². The van der Waals surface area contributed by atoms with Crippen molar-refractivity contribution in [2.75, 3.05) is 45.6 Å². The first-order chi connectivity index (χ1) is 14.6. The SMILES string of the molecule is COc1cc(N)c(Cl)cc1C(=O)NCC1CCN(CCCOc2ccccc2)CC1. The van der Waals surface area contributed by atoms with E-state index in [9.17, 15) is 4.79 Å². The molecule has 1 fully saturated rings. The average molecular weight is 432 g/mol. The van der Waals surface area contributed by atoms with E-state index in [-0.39, 0.29) is 5.91 Å². The fourth-order valence-corrected chi connectivity index (χ4v) is 3.82. The molecule has 7 heteroatoms. The summed E-state index contributed by atoms with van der Waals surface area (Å²) in [4.78, 5) is 15.0. The molecule has 0 aliphatic carbocycles. The number of ether oxygens (including phenoxy) is 2. The van der Waals surface area contributed by atoms with E-state index in [0.29, 0.717) is 34.5 Å². The fourth-order valence-electron chi connectivity index (χ4n) is 3.66. The Balaban J connectivity index is 1.36. The van der Waals surface area contributed by atoms with Crippen LogP contribution >= 0.6 is 11.6 Å². The zero-order chi connectivity index (χ0) is 21.3. The number of nitrogens with zero attached hydrogens (tertiary/aromatic N) is 1. The maximum absolute atomic E-state index is 12.6. The van der Waals surface area contributed by atoms with Crippen LogP contribution in [0.4, 0.5) is 5.69 Å². The molecule has 0 aromatic heterocycles. The van der Waals surface area contributed by atoms with Crippen molar-refractivity contribution in [3.8, 4) is 11.5 Å². The fraction of sp³-hybridized carbons (Fsp3) is 0.435. The Morgan fingerprint density at radius 3 is 2.67 bits per heavy atom. The molecule has 2 aromatic rings. The number of carbonyl (C=O) groups excluding carboxylic acids is 1. The Morgan fingerprint density at radius 1 is 1.23 bits per heavy atom. The number of piperidine rings is 1. The highest BCUT2D eigenvalue weighted by atomic mass is 35.5. The Labute approximate surface area is 183 Å². The maximum Gasteiger partial charge on any atom is 0.255 e. The van der Waals surface area contributed by atoms with Crippen LogP contribution in [0.25, 0.3) is 0 Å². The molecule has 0 atom stereocenters. The molecule has 0 bridgehead atoms. The molecule has 0 saturated carbocycles. The first-order valence-corrected chi connectivity index (χ1v) is 10.8. The van der Waals surface area contributed by atoms with Gasteiger partial charge in [0.25, 0.3) is 5.91 Å². The number of carbonyl (C=O) groups is 1. The molecule has 2 aromatic carbocycles. The lowest BCUT2D eigenvalue weighted by Gasteiger charge is -2.32. The minimum atomic E-state index is -0.186. The lowest BCUT2D eigenvalue weighted by atomic mass is 9.96. The number of likely N-dealkylation sites (tertiary alicyclic amines) is 1. The third-order valence-electron chi connectivity index (χ3n) is 5.45. The van der Waals surface area contributed by atoms with Gasteiger partial charge in [0.2, 0.25) is 0 Å². The standard InChI is InChI=1S/C23H30ClN3O3/c1-29-22-15-21(25)20(24)14-19(22)23(28)26-16-17-8-11-27(12-9-17)10-5-13-30-18-6-3-2-4-7-18/h2-4,6-7,14-15,17H,5,8-13,16,25H2,1H3,(H,26,28). The highest BCUT2D eigenvalue weighted by Gasteiger charge is 2.21. The second kappa shape index (κ2) is 11.1. The Kier molecular flexibility index (Phi) is 8.22. The molecule has 1 aliphatic rings. The normalized spacial score (nSPS) is 15.0. The summed E-state index contributed by atoms with van der Waals surface area (Å²) in [6.07, 6.45) is 3.15. The van der Waals surface area contributed by atoms with E-state index in [0.717, 1.165) is 51.3 Å². The van der Waals surface area contributed by atoms with Gasteiger partial charge in [0.1, 0.15) is 11.5 Å². The van der Waals surface area contributed by atoms with Crippen LogP contribution in [0.3, 0.4) is 0 Å². The van der Waals surface area contributed by atoms with Gasteiger partial charge >= 0.3 is 0 Å². The smallest absolute Gasteiger partial charge is 0.255 e. The zero-order valence-corrected chi connectivity index (χ0v) is 18.2. The van der Waals surface area contributed by atoms with Gasteiger partial charge in [0, 0.05) is 19.2 Å². The highest BCUT2D eigenvalue weighted by molar-refractivity contribution is 6.33. The van der Waals surface area contributed by atoms with Gasteiger partial charge in [-0.25, -0.2) is 0 Å². The Hall–Kier alpha value is -2.44. The van der Waals surface area contributed by atoms with Crippen molar-refractivity contribution < 1.29 is 14.3 Å². The summed E-state index contributed by atoms with van der Waals surface area (Å²) in [5, 5.41) is 3.37. The van der Waals surface area contributed by atoms with E-state index < -0.39 is 0 Å². The zero-order valence-electron chi connectivity index (χ0n) is 17.4.